The highest BCUT2D eigenvalue weighted by molar-refractivity contribution is 5.92. The Labute approximate surface area is 161 Å². The Kier molecular flexibility index (Phi) is 5.45. The monoisotopic (exact) mass is 391 g/mol. The van der Waals surface area contributed by atoms with E-state index < -0.39 is 11.6 Å². The molecule has 1 saturated heterocycles. The minimum absolute atomic E-state index is 0.0110. The molecule has 1 aliphatic heterocycles. The molecule has 0 spiro atoms. The summed E-state index contributed by atoms with van der Waals surface area (Å²) >= 11 is 0. The molecule has 1 aromatic heterocycles. The van der Waals surface area contributed by atoms with Crippen molar-refractivity contribution in [3.05, 3.63) is 41.7 Å². The molecule has 2 heterocycles. The zero-order valence-corrected chi connectivity index (χ0v) is 15.5. The quantitative estimate of drug-likeness (QED) is 0.842. The summed E-state index contributed by atoms with van der Waals surface area (Å²) in [6, 6.07) is 4.88. The second kappa shape index (κ2) is 8.16. The van der Waals surface area contributed by atoms with Crippen molar-refractivity contribution in [2.24, 2.45) is 0 Å². The predicted molar refractivity (Wildman–Crippen MR) is 98.4 cm³/mol. The van der Waals surface area contributed by atoms with Crippen LogP contribution in [0.15, 0.2) is 28.8 Å². The number of hydrogen-bond donors (Lipinski definition) is 1. The van der Waals surface area contributed by atoms with E-state index in [0.717, 1.165) is 44.8 Å². The molecule has 6 nitrogen and oxygen atoms in total. The normalized spacial score (nSPS) is 22.3. The SMILES string of the molecule is O=C(NC1CCC(Oc2cc(F)cc(F)c2)CC1)c1cc(N2CCCC2)no1. The van der Waals surface area contributed by atoms with Gasteiger partial charge in [-0.25, -0.2) is 8.78 Å². The third-order valence-electron chi connectivity index (χ3n) is 5.30. The molecule has 2 aromatic rings. The van der Waals surface area contributed by atoms with E-state index in [1.807, 2.05) is 0 Å². The van der Waals surface area contributed by atoms with E-state index in [-0.39, 0.29) is 29.6 Å². The van der Waals surface area contributed by atoms with Crippen LogP contribution in [-0.2, 0) is 0 Å². The van der Waals surface area contributed by atoms with Gasteiger partial charge in [0.25, 0.3) is 5.91 Å². The summed E-state index contributed by atoms with van der Waals surface area (Å²) in [5.74, 6) is -0.458. The van der Waals surface area contributed by atoms with Crippen LogP contribution >= 0.6 is 0 Å². The number of carbonyl (C=O) groups is 1. The van der Waals surface area contributed by atoms with Crippen LogP contribution in [0.3, 0.4) is 0 Å². The Hall–Kier alpha value is -2.64. The molecule has 0 atom stereocenters. The highest BCUT2D eigenvalue weighted by Crippen LogP contribution is 2.26. The van der Waals surface area contributed by atoms with Crippen molar-refractivity contribution < 1.29 is 22.8 Å². The van der Waals surface area contributed by atoms with Gasteiger partial charge in [0.05, 0.1) is 6.10 Å². The first kappa shape index (κ1) is 18.7. The van der Waals surface area contributed by atoms with Crippen molar-refractivity contribution in [2.75, 3.05) is 18.0 Å². The summed E-state index contributed by atoms with van der Waals surface area (Å²) < 4.78 is 37.4. The van der Waals surface area contributed by atoms with Gasteiger partial charge in [-0.2, -0.15) is 0 Å². The molecule has 1 aromatic carbocycles. The molecule has 28 heavy (non-hydrogen) atoms. The van der Waals surface area contributed by atoms with E-state index in [1.54, 1.807) is 6.07 Å². The van der Waals surface area contributed by atoms with Crippen LogP contribution in [0.25, 0.3) is 0 Å². The van der Waals surface area contributed by atoms with Crippen molar-refractivity contribution in [3.8, 4) is 5.75 Å². The Balaban J connectivity index is 1.26. The molecular weight excluding hydrogens is 368 g/mol. The summed E-state index contributed by atoms with van der Waals surface area (Å²) in [4.78, 5) is 14.5. The van der Waals surface area contributed by atoms with Gasteiger partial charge < -0.3 is 19.5 Å². The topological polar surface area (TPSA) is 67.6 Å². The molecule has 2 aliphatic rings. The van der Waals surface area contributed by atoms with Gasteiger partial charge in [-0.1, -0.05) is 5.16 Å². The molecule has 1 N–H and O–H groups in total. The van der Waals surface area contributed by atoms with Gasteiger partial charge >= 0.3 is 0 Å². The number of aromatic nitrogens is 1. The van der Waals surface area contributed by atoms with Crippen LogP contribution in [0, 0.1) is 11.6 Å². The van der Waals surface area contributed by atoms with E-state index >= 15 is 0 Å². The third kappa shape index (κ3) is 4.43. The second-order valence-electron chi connectivity index (χ2n) is 7.41. The highest BCUT2D eigenvalue weighted by Gasteiger charge is 2.26. The standard InChI is InChI=1S/C20H23F2N3O3/c21-13-9-14(22)11-17(10-13)27-16-5-3-15(4-6-16)23-20(26)18-12-19(24-28-18)25-7-1-2-8-25/h9-12,15-16H,1-8H2,(H,23,26). The van der Waals surface area contributed by atoms with Gasteiger partial charge in [0.1, 0.15) is 17.4 Å². The van der Waals surface area contributed by atoms with Crippen LogP contribution in [0.2, 0.25) is 0 Å². The van der Waals surface area contributed by atoms with Crippen molar-refractivity contribution in [1.82, 2.24) is 10.5 Å². The van der Waals surface area contributed by atoms with E-state index in [4.69, 9.17) is 9.26 Å². The number of rotatable bonds is 5. The average Bonchev–Trinajstić information content (AvgIpc) is 3.34. The lowest BCUT2D eigenvalue weighted by atomic mass is 9.93. The minimum atomic E-state index is -0.656. The van der Waals surface area contributed by atoms with Crippen LogP contribution < -0.4 is 15.0 Å². The fourth-order valence-corrected chi connectivity index (χ4v) is 3.84. The Bertz CT molecular complexity index is 808. The van der Waals surface area contributed by atoms with E-state index in [9.17, 15) is 13.6 Å². The predicted octanol–water partition coefficient (Wildman–Crippen LogP) is 3.67. The number of carbonyl (C=O) groups excluding carboxylic acids is 1. The molecule has 4 rings (SSSR count). The lowest BCUT2D eigenvalue weighted by Crippen LogP contribution is -2.39. The fraction of sp³-hybridized carbons (Fsp3) is 0.500. The summed E-state index contributed by atoms with van der Waals surface area (Å²) in [6.45, 7) is 1.87. The van der Waals surface area contributed by atoms with Crippen LogP contribution in [-0.4, -0.2) is 36.3 Å². The Morgan fingerprint density at radius 3 is 2.43 bits per heavy atom. The van der Waals surface area contributed by atoms with Crippen LogP contribution in [0.1, 0.15) is 49.1 Å². The average molecular weight is 391 g/mol. The maximum atomic E-state index is 13.3. The smallest absolute Gasteiger partial charge is 0.290 e. The zero-order chi connectivity index (χ0) is 19.5. The summed E-state index contributed by atoms with van der Waals surface area (Å²) in [7, 11) is 0. The van der Waals surface area contributed by atoms with Gasteiger partial charge in [0.2, 0.25) is 5.76 Å². The lowest BCUT2D eigenvalue weighted by molar-refractivity contribution is 0.0858. The third-order valence-corrected chi connectivity index (χ3v) is 5.30. The number of halogens is 2. The molecular formula is C20H23F2N3O3. The minimum Gasteiger partial charge on any atom is -0.490 e. The number of nitrogens with zero attached hydrogens (tertiary/aromatic N) is 2. The van der Waals surface area contributed by atoms with Crippen molar-refractivity contribution in [2.45, 2.75) is 50.7 Å². The maximum absolute atomic E-state index is 13.3. The molecule has 0 radical (unpaired) electrons. The summed E-state index contributed by atoms with van der Waals surface area (Å²) in [5.41, 5.74) is 0. The van der Waals surface area contributed by atoms with Gasteiger partial charge in [0, 0.05) is 43.4 Å². The zero-order valence-electron chi connectivity index (χ0n) is 15.5. The van der Waals surface area contributed by atoms with Gasteiger partial charge in [0.15, 0.2) is 5.82 Å². The number of hydrogen-bond acceptors (Lipinski definition) is 5. The lowest BCUT2D eigenvalue weighted by Gasteiger charge is -2.29. The van der Waals surface area contributed by atoms with Crippen molar-refractivity contribution in [1.29, 1.82) is 0 Å². The molecule has 150 valence electrons. The highest BCUT2D eigenvalue weighted by atomic mass is 19.1. The maximum Gasteiger partial charge on any atom is 0.290 e. The summed E-state index contributed by atoms with van der Waals surface area (Å²) in [6.07, 6.45) is 4.96. The molecule has 0 unspecified atom stereocenters. The molecule has 2 fully saturated rings. The van der Waals surface area contributed by atoms with Gasteiger partial charge in [-0.05, 0) is 38.5 Å². The first-order valence-corrected chi connectivity index (χ1v) is 9.72. The number of amides is 1. The number of nitrogens with one attached hydrogen (secondary N) is 1. The molecule has 8 heteroatoms. The van der Waals surface area contributed by atoms with E-state index in [1.165, 1.54) is 12.1 Å². The second-order valence-corrected chi connectivity index (χ2v) is 7.41. The number of anilines is 1. The van der Waals surface area contributed by atoms with Crippen LogP contribution in [0.5, 0.6) is 5.75 Å². The van der Waals surface area contributed by atoms with Crippen molar-refractivity contribution >= 4 is 11.7 Å². The first-order chi connectivity index (χ1) is 13.6. The van der Waals surface area contributed by atoms with Crippen molar-refractivity contribution in [3.63, 3.8) is 0 Å². The molecule has 1 amide bonds. The Morgan fingerprint density at radius 1 is 1.07 bits per heavy atom. The molecule has 1 saturated carbocycles. The van der Waals surface area contributed by atoms with Crippen LogP contribution in [0.4, 0.5) is 14.6 Å². The molecule has 1 aliphatic carbocycles. The van der Waals surface area contributed by atoms with E-state index in [0.29, 0.717) is 18.7 Å². The van der Waals surface area contributed by atoms with E-state index in [2.05, 4.69) is 15.4 Å². The van der Waals surface area contributed by atoms with Gasteiger partial charge in [-0.3, -0.25) is 4.79 Å². The largest absolute Gasteiger partial charge is 0.490 e. The first-order valence-electron chi connectivity index (χ1n) is 9.72. The number of benzene rings is 1. The summed E-state index contributed by atoms with van der Waals surface area (Å²) in [5, 5.41) is 6.97. The number of ether oxygens (including phenoxy) is 1. The fourth-order valence-electron chi connectivity index (χ4n) is 3.84. The van der Waals surface area contributed by atoms with Gasteiger partial charge in [-0.15, -0.1) is 0 Å². The molecule has 0 bridgehead atoms. The Morgan fingerprint density at radius 2 is 1.75 bits per heavy atom.